The molecule has 0 spiro atoms. The summed E-state index contributed by atoms with van der Waals surface area (Å²) in [6, 6.07) is 12.2. The number of carbonyl (C=O) groups excluding carboxylic acids is 1. The van der Waals surface area contributed by atoms with E-state index in [0.717, 1.165) is 30.3 Å². The molecule has 1 aliphatic rings. The molecule has 0 bridgehead atoms. The molecule has 1 aromatic heterocycles. The van der Waals surface area contributed by atoms with Crippen LogP contribution in [0, 0.1) is 0 Å². The Morgan fingerprint density at radius 1 is 0.784 bits per heavy atom. The number of anilines is 3. The molecule has 6 nitrogen and oxygen atoms in total. The fourth-order valence-electron chi connectivity index (χ4n) is 3.92. The molecule has 1 aliphatic heterocycles. The average molecular weight is 523 g/mol. The van der Waals surface area contributed by atoms with Gasteiger partial charge in [0.15, 0.2) is 0 Å². The Morgan fingerprint density at radius 3 is 2.00 bits per heavy atom. The van der Waals surface area contributed by atoms with E-state index in [-0.39, 0.29) is 5.69 Å². The molecule has 12 heteroatoms. The molecule has 4 rings (SSSR count). The Balaban J connectivity index is 1.26. The van der Waals surface area contributed by atoms with E-state index in [4.69, 9.17) is 0 Å². The standard InChI is InChI=1S/C25H23F6N5O/c26-24(27,28)18-4-6-20(7-5-18)33-23(37)34-21-8-9-22(32-15-21)36-12-10-35(11-13-36)16-17-2-1-3-19(14-17)25(29,30)31/h1-9,14-15H,10-13,16H2,(H2,33,34,37). The second-order valence-corrected chi connectivity index (χ2v) is 8.52. The quantitative estimate of drug-likeness (QED) is 0.398. The van der Waals surface area contributed by atoms with Crippen LogP contribution >= 0.6 is 0 Å². The summed E-state index contributed by atoms with van der Waals surface area (Å²) in [7, 11) is 0. The van der Waals surface area contributed by atoms with E-state index in [1.165, 1.54) is 18.3 Å². The summed E-state index contributed by atoms with van der Waals surface area (Å²) < 4.78 is 76.8. The SMILES string of the molecule is O=C(Nc1ccc(C(F)(F)F)cc1)Nc1ccc(N2CCN(Cc3cccc(C(F)(F)F)c3)CC2)nc1. The van der Waals surface area contributed by atoms with Gasteiger partial charge in [0.05, 0.1) is 23.0 Å². The molecule has 0 aliphatic carbocycles. The Kier molecular flexibility index (Phi) is 7.58. The van der Waals surface area contributed by atoms with Gasteiger partial charge in [0, 0.05) is 38.4 Å². The van der Waals surface area contributed by atoms with Crippen molar-refractivity contribution in [2.75, 3.05) is 41.7 Å². The number of hydrogen-bond acceptors (Lipinski definition) is 4. The minimum atomic E-state index is -4.45. The number of carbonyl (C=O) groups is 1. The first-order valence-corrected chi connectivity index (χ1v) is 11.3. The molecule has 2 amide bonds. The van der Waals surface area contributed by atoms with Crippen molar-refractivity contribution in [3.8, 4) is 0 Å². The Labute approximate surface area is 208 Å². The van der Waals surface area contributed by atoms with Crippen LogP contribution in [0.4, 0.5) is 48.3 Å². The molecule has 2 heterocycles. The number of urea groups is 1. The van der Waals surface area contributed by atoms with Crippen molar-refractivity contribution < 1.29 is 31.1 Å². The lowest BCUT2D eigenvalue weighted by Crippen LogP contribution is -2.46. The normalized spacial score (nSPS) is 14.9. The highest BCUT2D eigenvalue weighted by atomic mass is 19.4. The molecule has 2 aromatic carbocycles. The topological polar surface area (TPSA) is 60.5 Å². The molecular weight excluding hydrogens is 500 g/mol. The van der Waals surface area contributed by atoms with E-state index in [1.807, 2.05) is 4.90 Å². The number of piperazine rings is 1. The van der Waals surface area contributed by atoms with Gasteiger partial charge in [0.25, 0.3) is 0 Å². The Morgan fingerprint density at radius 2 is 1.41 bits per heavy atom. The van der Waals surface area contributed by atoms with Gasteiger partial charge >= 0.3 is 18.4 Å². The highest BCUT2D eigenvalue weighted by molar-refractivity contribution is 5.99. The van der Waals surface area contributed by atoms with Gasteiger partial charge in [-0.25, -0.2) is 9.78 Å². The first-order chi connectivity index (χ1) is 17.5. The maximum atomic E-state index is 12.9. The Bertz CT molecular complexity index is 1200. The van der Waals surface area contributed by atoms with Gasteiger partial charge in [-0.3, -0.25) is 4.90 Å². The predicted octanol–water partition coefficient (Wildman–Crippen LogP) is 6.09. The minimum Gasteiger partial charge on any atom is -0.354 e. The molecule has 37 heavy (non-hydrogen) atoms. The third kappa shape index (κ3) is 7.13. The molecule has 0 atom stereocenters. The van der Waals surface area contributed by atoms with Crippen molar-refractivity contribution in [3.05, 3.63) is 83.6 Å². The molecule has 1 fully saturated rings. The van der Waals surface area contributed by atoms with Gasteiger partial charge in [0.1, 0.15) is 5.82 Å². The maximum Gasteiger partial charge on any atom is 0.416 e. The highest BCUT2D eigenvalue weighted by Gasteiger charge is 2.31. The first-order valence-electron chi connectivity index (χ1n) is 11.3. The number of nitrogens with one attached hydrogen (secondary N) is 2. The smallest absolute Gasteiger partial charge is 0.354 e. The van der Waals surface area contributed by atoms with Gasteiger partial charge in [-0.1, -0.05) is 18.2 Å². The molecule has 1 saturated heterocycles. The monoisotopic (exact) mass is 523 g/mol. The summed E-state index contributed by atoms with van der Waals surface area (Å²) in [6.45, 7) is 2.98. The number of nitrogens with zero attached hydrogens (tertiary/aromatic N) is 3. The largest absolute Gasteiger partial charge is 0.416 e. The summed E-state index contributed by atoms with van der Waals surface area (Å²) in [4.78, 5) is 20.6. The number of benzene rings is 2. The number of alkyl halides is 6. The van der Waals surface area contributed by atoms with Gasteiger partial charge in [-0.05, 0) is 48.0 Å². The summed E-state index contributed by atoms with van der Waals surface area (Å²) in [5.74, 6) is 0.687. The van der Waals surface area contributed by atoms with Crippen LogP contribution in [0.5, 0.6) is 0 Å². The number of rotatable bonds is 5. The third-order valence-corrected chi connectivity index (χ3v) is 5.83. The van der Waals surface area contributed by atoms with Crippen LogP contribution in [0.25, 0.3) is 0 Å². The van der Waals surface area contributed by atoms with Crippen LogP contribution in [0.15, 0.2) is 66.9 Å². The first kappa shape index (κ1) is 26.3. The van der Waals surface area contributed by atoms with E-state index in [1.54, 1.807) is 18.2 Å². The highest BCUT2D eigenvalue weighted by Crippen LogP contribution is 2.31. The van der Waals surface area contributed by atoms with Gasteiger partial charge in [-0.15, -0.1) is 0 Å². The van der Waals surface area contributed by atoms with Gasteiger partial charge in [-0.2, -0.15) is 26.3 Å². The van der Waals surface area contributed by atoms with Crippen molar-refractivity contribution >= 4 is 23.2 Å². The van der Waals surface area contributed by atoms with Crippen LogP contribution in [-0.4, -0.2) is 42.1 Å². The Hall–Kier alpha value is -3.80. The van der Waals surface area contributed by atoms with Crippen molar-refractivity contribution in [3.63, 3.8) is 0 Å². The van der Waals surface area contributed by atoms with E-state index in [2.05, 4.69) is 20.5 Å². The predicted molar refractivity (Wildman–Crippen MR) is 127 cm³/mol. The maximum absolute atomic E-state index is 12.9. The molecule has 0 radical (unpaired) electrons. The van der Waals surface area contributed by atoms with Crippen molar-refractivity contribution in [1.29, 1.82) is 0 Å². The van der Waals surface area contributed by atoms with E-state index in [0.29, 0.717) is 49.8 Å². The van der Waals surface area contributed by atoms with Crippen LogP contribution in [0.1, 0.15) is 16.7 Å². The zero-order valence-corrected chi connectivity index (χ0v) is 19.4. The van der Waals surface area contributed by atoms with E-state index >= 15 is 0 Å². The molecular formula is C25H23F6N5O. The lowest BCUT2D eigenvalue weighted by Gasteiger charge is -2.35. The fraction of sp³-hybridized carbons (Fsp3) is 0.280. The lowest BCUT2D eigenvalue weighted by atomic mass is 10.1. The number of amides is 2. The molecule has 2 N–H and O–H groups in total. The van der Waals surface area contributed by atoms with Gasteiger partial charge in [0.2, 0.25) is 0 Å². The third-order valence-electron chi connectivity index (χ3n) is 5.83. The average Bonchev–Trinajstić information content (AvgIpc) is 2.84. The number of aromatic nitrogens is 1. The van der Waals surface area contributed by atoms with E-state index < -0.39 is 29.5 Å². The summed E-state index contributed by atoms with van der Waals surface area (Å²) in [5.41, 5.74) is -0.259. The zero-order chi connectivity index (χ0) is 26.6. The summed E-state index contributed by atoms with van der Waals surface area (Å²) in [5, 5.41) is 5.03. The summed E-state index contributed by atoms with van der Waals surface area (Å²) >= 11 is 0. The minimum absolute atomic E-state index is 0.207. The molecule has 196 valence electrons. The van der Waals surface area contributed by atoms with Crippen molar-refractivity contribution in [2.45, 2.75) is 18.9 Å². The van der Waals surface area contributed by atoms with Crippen LogP contribution in [0.3, 0.4) is 0 Å². The summed E-state index contributed by atoms with van der Waals surface area (Å²) in [6.07, 6.45) is -7.36. The van der Waals surface area contributed by atoms with Crippen molar-refractivity contribution in [2.24, 2.45) is 0 Å². The number of pyridine rings is 1. The van der Waals surface area contributed by atoms with Gasteiger partial charge < -0.3 is 15.5 Å². The van der Waals surface area contributed by atoms with Crippen LogP contribution in [-0.2, 0) is 18.9 Å². The van der Waals surface area contributed by atoms with Crippen LogP contribution < -0.4 is 15.5 Å². The fourth-order valence-corrected chi connectivity index (χ4v) is 3.92. The second-order valence-electron chi connectivity index (χ2n) is 8.52. The van der Waals surface area contributed by atoms with E-state index in [9.17, 15) is 31.1 Å². The van der Waals surface area contributed by atoms with Crippen LogP contribution in [0.2, 0.25) is 0 Å². The second kappa shape index (κ2) is 10.7. The number of halogens is 6. The molecule has 0 unspecified atom stereocenters. The zero-order valence-electron chi connectivity index (χ0n) is 19.4. The molecule has 3 aromatic rings. The molecule has 0 saturated carbocycles. The number of hydrogen-bond donors (Lipinski definition) is 2. The van der Waals surface area contributed by atoms with Crippen molar-refractivity contribution in [1.82, 2.24) is 9.88 Å². The lowest BCUT2D eigenvalue weighted by molar-refractivity contribution is -0.138.